The van der Waals surface area contributed by atoms with Gasteiger partial charge in [0.15, 0.2) is 0 Å². The zero-order chi connectivity index (χ0) is 35.8. The predicted octanol–water partition coefficient (Wildman–Crippen LogP) is 13.0. The average molecular weight is 693 g/mol. The number of benzene rings is 6. The summed E-state index contributed by atoms with van der Waals surface area (Å²) >= 11 is 0. The average Bonchev–Trinajstić information content (AvgIpc) is 3.53. The summed E-state index contributed by atoms with van der Waals surface area (Å²) in [6.07, 6.45) is 6.79. The zero-order valence-corrected chi connectivity index (χ0v) is 30.3. The zero-order valence-electron chi connectivity index (χ0n) is 30.3. The Morgan fingerprint density at radius 3 is 1.72 bits per heavy atom. The highest BCUT2D eigenvalue weighted by Crippen LogP contribution is 2.70. The molecule has 4 fully saturated rings. The summed E-state index contributed by atoms with van der Waals surface area (Å²) in [5.74, 6) is 3.07. The number of hydrogen-bond acceptors (Lipinski definition) is 2. The maximum absolute atomic E-state index is 9.60. The van der Waals surface area contributed by atoms with Crippen molar-refractivity contribution in [2.24, 2.45) is 23.7 Å². The van der Waals surface area contributed by atoms with Gasteiger partial charge in [-0.25, -0.2) is 4.98 Å². The number of rotatable bonds is 5. The molecule has 1 spiro atoms. The highest BCUT2D eigenvalue weighted by Gasteiger charge is 2.62. The minimum atomic E-state index is 0.0254. The van der Waals surface area contributed by atoms with E-state index in [2.05, 4.69) is 152 Å². The molecule has 258 valence electrons. The van der Waals surface area contributed by atoms with E-state index in [9.17, 15) is 5.26 Å². The van der Waals surface area contributed by atoms with Crippen LogP contribution in [0.25, 0.3) is 67.0 Å². The Labute approximate surface area is 317 Å². The van der Waals surface area contributed by atoms with Gasteiger partial charge in [-0.15, -0.1) is 0 Å². The van der Waals surface area contributed by atoms with Crippen LogP contribution in [0.3, 0.4) is 0 Å². The van der Waals surface area contributed by atoms with Crippen LogP contribution in [0.15, 0.2) is 158 Å². The van der Waals surface area contributed by atoms with Crippen LogP contribution in [-0.4, -0.2) is 4.98 Å². The standard InChI is InChI=1S/C52H40N2/c53-32-33-17-19-37(20-18-33)45-15-8-16-46-47-29-40(21-22-48(47)52(51(45)46)43-24-34-23-35(26-43)27-44(52)25-34)42-30-49(38-11-5-2-6-12-38)54-50(31-42)41-14-7-13-39(28-41)36-9-3-1-4-10-36/h1-22,28-31,34-35,43-44H,23-27H2. The molecule has 0 N–H and O–H groups in total. The van der Waals surface area contributed by atoms with Crippen LogP contribution < -0.4 is 0 Å². The predicted molar refractivity (Wildman–Crippen MR) is 219 cm³/mol. The number of pyridine rings is 1. The lowest BCUT2D eigenvalue weighted by Crippen LogP contribution is -2.55. The van der Waals surface area contributed by atoms with Crippen molar-refractivity contribution in [3.8, 4) is 73.1 Å². The normalized spacial score (nSPS) is 22.9. The van der Waals surface area contributed by atoms with Crippen molar-refractivity contribution < 1.29 is 0 Å². The molecule has 2 nitrogen and oxygen atoms in total. The van der Waals surface area contributed by atoms with Crippen LogP contribution in [-0.2, 0) is 5.41 Å². The molecule has 0 amide bonds. The van der Waals surface area contributed by atoms with Crippen molar-refractivity contribution in [3.05, 3.63) is 174 Å². The van der Waals surface area contributed by atoms with E-state index >= 15 is 0 Å². The van der Waals surface area contributed by atoms with Crippen LogP contribution in [0, 0.1) is 35.0 Å². The van der Waals surface area contributed by atoms with Crippen LogP contribution in [0.1, 0.15) is 48.8 Å². The largest absolute Gasteiger partial charge is 0.248 e. The Kier molecular flexibility index (Phi) is 7.15. The summed E-state index contributed by atoms with van der Waals surface area (Å²) in [7, 11) is 0. The molecule has 0 aliphatic heterocycles. The fraction of sp³-hybridized carbons (Fsp3) is 0.192. The maximum Gasteiger partial charge on any atom is 0.0991 e. The van der Waals surface area contributed by atoms with Gasteiger partial charge in [0.05, 0.1) is 23.0 Å². The Bertz CT molecular complexity index is 2580. The molecule has 5 aliphatic carbocycles. The minimum absolute atomic E-state index is 0.0254. The summed E-state index contributed by atoms with van der Waals surface area (Å²) in [6, 6.07) is 59.6. The molecular weight excluding hydrogens is 653 g/mol. The number of aromatic nitrogens is 1. The topological polar surface area (TPSA) is 36.7 Å². The van der Waals surface area contributed by atoms with E-state index in [4.69, 9.17) is 4.98 Å². The van der Waals surface area contributed by atoms with Gasteiger partial charge in [0.2, 0.25) is 0 Å². The van der Waals surface area contributed by atoms with Gasteiger partial charge in [-0.05, 0) is 148 Å². The first-order chi connectivity index (χ1) is 26.7. The molecule has 1 heterocycles. The van der Waals surface area contributed by atoms with Gasteiger partial charge < -0.3 is 0 Å². The first-order valence-corrected chi connectivity index (χ1v) is 19.7. The lowest BCUT2D eigenvalue weighted by atomic mass is 9.42. The monoisotopic (exact) mass is 692 g/mol. The van der Waals surface area contributed by atoms with Gasteiger partial charge in [0.1, 0.15) is 0 Å². The van der Waals surface area contributed by atoms with Gasteiger partial charge in [-0.1, -0.05) is 121 Å². The molecule has 0 unspecified atom stereocenters. The van der Waals surface area contributed by atoms with Crippen LogP contribution >= 0.6 is 0 Å². The van der Waals surface area contributed by atoms with Crippen molar-refractivity contribution in [3.63, 3.8) is 0 Å². The molecule has 0 saturated heterocycles. The molecule has 6 aromatic carbocycles. The summed E-state index contributed by atoms with van der Waals surface area (Å²) in [6.45, 7) is 0. The van der Waals surface area contributed by atoms with Gasteiger partial charge in [-0.3, -0.25) is 0 Å². The minimum Gasteiger partial charge on any atom is -0.248 e. The molecule has 2 heteroatoms. The van der Waals surface area contributed by atoms with Crippen molar-refractivity contribution in [2.75, 3.05) is 0 Å². The van der Waals surface area contributed by atoms with E-state index < -0.39 is 0 Å². The van der Waals surface area contributed by atoms with E-state index in [1.165, 1.54) is 76.6 Å². The second-order valence-corrected chi connectivity index (χ2v) is 16.3. The Balaban J connectivity index is 1.10. The fourth-order valence-corrected chi connectivity index (χ4v) is 11.5. The third-order valence-corrected chi connectivity index (χ3v) is 13.5. The van der Waals surface area contributed by atoms with Crippen LogP contribution in [0.5, 0.6) is 0 Å². The third kappa shape index (κ3) is 4.81. The van der Waals surface area contributed by atoms with Crippen molar-refractivity contribution in [1.82, 2.24) is 4.98 Å². The van der Waals surface area contributed by atoms with Crippen molar-refractivity contribution >= 4 is 0 Å². The summed E-state index contributed by atoms with van der Waals surface area (Å²) in [5.41, 5.74) is 18.2. The Hall–Kier alpha value is -6.04. The first-order valence-electron chi connectivity index (χ1n) is 19.7. The number of fused-ring (bicyclic) bond motifs is 3. The lowest BCUT2D eigenvalue weighted by Gasteiger charge is -2.61. The molecule has 0 atom stereocenters. The van der Waals surface area contributed by atoms with Crippen molar-refractivity contribution in [1.29, 1.82) is 5.26 Å². The van der Waals surface area contributed by atoms with Crippen LogP contribution in [0.2, 0.25) is 0 Å². The van der Waals surface area contributed by atoms with Gasteiger partial charge in [-0.2, -0.15) is 5.26 Å². The number of nitriles is 1. The third-order valence-electron chi connectivity index (χ3n) is 13.5. The van der Waals surface area contributed by atoms with Gasteiger partial charge >= 0.3 is 0 Å². The van der Waals surface area contributed by atoms with Gasteiger partial charge in [0.25, 0.3) is 0 Å². The van der Waals surface area contributed by atoms with E-state index in [-0.39, 0.29) is 5.41 Å². The molecule has 12 rings (SSSR count). The number of nitrogens with zero attached hydrogens (tertiary/aromatic N) is 2. The summed E-state index contributed by atoms with van der Waals surface area (Å²) < 4.78 is 0. The van der Waals surface area contributed by atoms with E-state index in [1.54, 1.807) is 11.1 Å². The SMILES string of the molecule is N#Cc1ccc(-c2cccc3c2C2(c4ccc(-c5cc(-c6ccccc6)nc(-c6cccc(-c7ccccc7)c6)c5)cc4-3)C3CC4CC(C3)CC2C4)cc1. The second kappa shape index (κ2) is 12.3. The molecule has 7 aromatic rings. The molecule has 0 radical (unpaired) electrons. The molecule has 5 aliphatic rings. The van der Waals surface area contributed by atoms with E-state index in [0.29, 0.717) is 17.4 Å². The molecule has 54 heavy (non-hydrogen) atoms. The Morgan fingerprint density at radius 1 is 0.444 bits per heavy atom. The first kappa shape index (κ1) is 31.5. The Morgan fingerprint density at radius 2 is 1.02 bits per heavy atom. The van der Waals surface area contributed by atoms with Crippen molar-refractivity contribution in [2.45, 2.75) is 37.5 Å². The fourth-order valence-electron chi connectivity index (χ4n) is 11.5. The second-order valence-electron chi connectivity index (χ2n) is 16.3. The van der Waals surface area contributed by atoms with E-state index in [1.807, 2.05) is 12.1 Å². The molecular formula is C52H40N2. The lowest BCUT2D eigenvalue weighted by molar-refractivity contribution is -0.0397. The quantitative estimate of drug-likeness (QED) is 0.180. The smallest absolute Gasteiger partial charge is 0.0991 e. The summed E-state index contributed by atoms with van der Waals surface area (Å²) in [5, 5.41) is 9.60. The maximum atomic E-state index is 9.60. The number of hydrogen-bond donors (Lipinski definition) is 0. The molecule has 1 aromatic heterocycles. The molecule has 4 saturated carbocycles. The highest BCUT2D eigenvalue weighted by atomic mass is 14.7. The van der Waals surface area contributed by atoms with Crippen LogP contribution in [0.4, 0.5) is 0 Å². The molecule has 4 bridgehead atoms. The van der Waals surface area contributed by atoms with Gasteiger partial charge in [0, 0.05) is 16.5 Å². The summed E-state index contributed by atoms with van der Waals surface area (Å²) in [4.78, 5) is 5.30. The highest BCUT2D eigenvalue weighted by molar-refractivity contribution is 5.92. The van der Waals surface area contributed by atoms with E-state index in [0.717, 1.165) is 34.4 Å².